The third kappa shape index (κ3) is 14.4. The normalized spacial score (nSPS) is 16.1. The van der Waals surface area contributed by atoms with E-state index in [4.69, 9.17) is 64.1 Å². The lowest BCUT2D eigenvalue weighted by Gasteiger charge is -2.27. The predicted octanol–water partition coefficient (Wildman–Crippen LogP) is 9.93. The fourth-order valence-electron chi connectivity index (χ4n) is 8.16. The number of nitrogens with two attached hydrogens (primary N) is 3. The Morgan fingerprint density at radius 2 is 0.975 bits per heavy atom. The number of Topliss-reactive ketones (excluding diaryl/α,β-unsaturated/α-hetero) is 2. The molecule has 418 valence electrons. The summed E-state index contributed by atoms with van der Waals surface area (Å²) in [6.07, 6.45) is 4.32. The second kappa shape index (κ2) is 24.1. The minimum atomic E-state index is -1.60. The summed E-state index contributed by atoms with van der Waals surface area (Å²) < 4.78 is 54.9. The Balaban J connectivity index is 0.000000229. The van der Waals surface area contributed by atoms with E-state index in [-0.39, 0.29) is 76.5 Å². The molecular formula is C59H63Cl2F2N5O11. The smallest absolute Gasteiger partial charge is 0.330 e. The van der Waals surface area contributed by atoms with Crippen LogP contribution in [0, 0.1) is 11.6 Å². The molecule has 0 saturated heterocycles. The van der Waals surface area contributed by atoms with E-state index in [1.165, 1.54) is 104 Å². The van der Waals surface area contributed by atoms with Gasteiger partial charge < -0.3 is 51.1 Å². The number of aromatic nitrogens is 2. The zero-order valence-electron chi connectivity index (χ0n) is 44.8. The quantitative estimate of drug-likeness (QED) is 0.0313. The highest BCUT2D eigenvalue weighted by Crippen LogP contribution is 2.39. The number of pyridine rings is 2. The van der Waals surface area contributed by atoms with Gasteiger partial charge in [-0.15, -0.1) is 0 Å². The number of halogens is 4. The molecule has 4 aromatic carbocycles. The molecular weight excluding hydrogens is 1060 g/mol. The molecule has 4 atom stereocenters. The molecule has 20 heteroatoms. The fraction of sp³-hybridized carbons (Fsp3) is 0.356. The molecule has 2 aromatic heterocycles. The van der Waals surface area contributed by atoms with Gasteiger partial charge in [-0.1, -0.05) is 23.2 Å². The van der Waals surface area contributed by atoms with Gasteiger partial charge in [0.25, 0.3) is 0 Å². The molecule has 79 heavy (non-hydrogen) atoms. The lowest BCUT2D eigenvalue weighted by Crippen LogP contribution is -2.46. The van der Waals surface area contributed by atoms with Gasteiger partial charge in [0, 0.05) is 35.1 Å². The summed E-state index contributed by atoms with van der Waals surface area (Å²) in [7, 11) is 4.24. The molecule has 0 spiro atoms. The summed E-state index contributed by atoms with van der Waals surface area (Å²) in [5.41, 5.74) is 15.0. The highest BCUT2D eigenvalue weighted by atomic mass is 35.5. The van der Waals surface area contributed by atoms with Crippen LogP contribution in [-0.2, 0) is 36.6 Å². The number of hydrogen-bond donors (Lipinski definition) is 5. The van der Waals surface area contributed by atoms with E-state index in [2.05, 4.69) is 9.97 Å². The maximum absolute atomic E-state index is 13.8. The van der Waals surface area contributed by atoms with Crippen LogP contribution in [-0.4, -0.2) is 77.2 Å². The Hall–Kier alpha value is -7.06. The Morgan fingerprint density at radius 1 is 0.582 bits per heavy atom. The highest BCUT2D eigenvalue weighted by molar-refractivity contribution is 6.31. The van der Waals surface area contributed by atoms with E-state index < -0.39 is 45.8 Å². The van der Waals surface area contributed by atoms with E-state index in [0.717, 1.165) is 25.7 Å². The van der Waals surface area contributed by atoms with E-state index in [1.54, 1.807) is 42.5 Å². The number of carbonyl (C=O) groups excluding carboxylic acids is 4. The van der Waals surface area contributed by atoms with Crippen LogP contribution in [0.2, 0.25) is 10.0 Å². The topological polar surface area (TPSA) is 259 Å². The molecule has 2 heterocycles. The monoisotopic (exact) mass is 1130 g/mol. The molecule has 8 N–H and O–H groups in total. The molecule has 0 bridgehead atoms. The Labute approximate surface area is 466 Å². The molecule has 4 unspecified atom stereocenters. The van der Waals surface area contributed by atoms with Gasteiger partial charge in [0.05, 0.1) is 66.4 Å². The van der Waals surface area contributed by atoms with Crippen molar-refractivity contribution in [2.75, 3.05) is 21.3 Å². The number of hydrogen-bond acceptors (Lipinski definition) is 15. The molecule has 2 aliphatic rings. The van der Waals surface area contributed by atoms with Gasteiger partial charge in [-0.2, -0.15) is 0 Å². The highest BCUT2D eigenvalue weighted by Gasteiger charge is 2.37. The first-order chi connectivity index (χ1) is 37.2. The molecule has 0 radical (unpaired) electrons. The van der Waals surface area contributed by atoms with E-state index in [9.17, 15) is 38.2 Å². The number of esters is 1. The van der Waals surface area contributed by atoms with Crippen molar-refractivity contribution in [3.8, 4) is 45.5 Å². The predicted molar refractivity (Wildman–Crippen MR) is 293 cm³/mol. The zero-order chi connectivity index (χ0) is 57.8. The number of amides is 1. The number of nitrogens with zero attached hydrogens (tertiary/aromatic N) is 2. The van der Waals surface area contributed by atoms with Gasteiger partial charge in [0.1, 0.15) is 33.9 Å². The molecule has 8 rings (SSSR count). The van der Waals surface area contributed by atoms with E-state index in [1.807, 2.05) is 0 Å². The molecule has 2 aliphatic carbocycles. The SMILES string of the molecule is COC(=O)C(C)(N)c1cc(-c2ccc(F)c(Cl)c2)nc(C(C)(O)CCC(=O)c2ccc(OC3CC3)c(OC)c2)c1.COc1cc(C(=O)CCC(C)(O)c2cc(C(C)(N)C(N)=O)cc(-c3ccc(F)c(Cl)c3)n2)ccc1OC1CC1. The van der Waals surface area contributed by atoms with Crippen molar-refractivity contribution < 1.29 is 61.9 Å². The first-order valence-electron chi connectivity index (χ1n) is 25.3. The average Bonchev–Trinajstić information content (AvgIpc) is 4.42. The molecule has 2 fully saturated rings. The second-order valence-corrected chi connectivity index (χ2v) is 21.3. The summed E-state index contributed by atoms with van der Waals surface area (Å²) in [5.74, 6) is -1.04. The lowest BCUT2D eigenvalue weighted by atomic mass is 9.86. The summed E-state index contributed by atoms with van der Waals surface area (Å²) in [6.45, 7) is 5.95. The Bertz CT molecular complexity index is 3290. The van der Waals surface area contributed by atoms with Crippen LogP contribution in [0.4, 0.5) is 8.78 Å². The van der Waals surface area contributed by atoms with E-state index in [0.29, 0.717) is 62.2 Å². The van der Waals surface area contributed by atoms with Crippen molar-refractivity contribution in [2.45, 2.75) is 114 Å². The third-order valence-corrected chi connectivity index (χ3v) is 14.4. The van der Waals surface area contributed by atoms with Crippen LogP contribution in [0.3, 0.4) is 0 Å². The lowest BCUT2D eigenvalue weighted by molar-refractivity contribution is -0.146. The summed E-state index contributed by atoms with van der Waals surface area (Å²) >= 11 is 12.0. The number of carbonyl (C=O) groups is 4. The van der Waals surface area contributed by atoms with Crippen LogP contribution >= 0.6 is 23.2 Å². The minimum absolute atomic E-state index is 0.00635. The van der Waals surface area contributed by atoms with Crippen molar-refractivity contribution >= 4 is 46.6 Å². The summed E-state index contributed by atoms with van der Waals surface area (Å²) in [4.78, 5) is 59.9. The van der Waals surface area contributed by atoms with Gasteiger partial charge in [0.2, 0.25) is 5.91 Å². The maximum Gasteiger partial charge on any atom is 0.330 e. The fourth-order valence-corrected chi connectivity index (χ4v) is 8.52. The van der Waals surface area contributed by atoms with Crippen molar-refractivity contribution in [2.24, 2.45) is 17.2 Å². The number of ketones is 2. The Morgan fingerprint density at radius 3 is 1.32 bits per heavy atom. The molecule has 0 aliphatic heterocycles. The van der Waals surface area contributed by atoms with Crippen molar-refractivity contribution in [3.05, 3.63) is 152 Å². The van der Waals surface area contributed by atoms with Crippen molar-refractivity contribution in [1.82, 2.24) is 9.97 Å². The number of methoxy groups -OCH3 is 3. The van der Waals surface area contributed by atoms with Crippen LogP contribution in [0.25, 0.3) is 22.5 Å². The number of ether oxygens (including phenoxy) is 5. The van der Waals surface area contributed by atoms with Crippen molar-refractivity contribution in [3.63, 3.8) is 0 Å². The van der Waals surface area contributed by atoms with Gasteiger partial charge in [0.15, 0.2) is 34.6 Å². The number of rotatable bonds is 22. The maximum atomic E-state index is 13.8. The summed E-state index contributed by atoms with van der Waals surface area (Å²) in [5, 5.41) is 22.7. The first kappa shape index (κ1) is 59.6. The minimum Gasteiger partial charge on any atom is -0.493 e. The van der Waals surface area contributed by atoms with Gasteiger partial charge >= 0.3 is 5.97 Å². The summed E-state index contributed by atoms with van der Waals surface area (Å²) in [6, 6.07) is 24.2. The molecule has 16 nitrogen and oxygen atoms in total. The molecule has 2 saturated carbocycles. The van der Waals surface area contributed by atoms with E-state index >= 15 is 0 Å². The van der Waals surface area contributed by atoms with Gasteiger partial charge in [-0.3, -0.25) is 14.4 Å². The average molecular weight is 1130 g/mol. The Kier molecular flexibility index (Phi) is 18.2. The largest absolute Gasteiger partial charge is 0.493 e. The molecule has 1 amide bonds. The number of aliphatic hydroxyl groups is 2. The van der Waals surface area contributed by atoms with Crippen LogP contribution in [0.1, 0.15) is 122 Å². The van der Waals surface area contributed by atoms with Gasteiger partial charge in [-0.05, 0) is 174 Å². The number of primary amides is 1. The van der Waals surface area contributed by atoms with Crippen LogP contribution < -0.4 is 36.1 Å². The molecule has 6 aromatic rings. The standard InChI is InChI=1S/C30H32ClFN2O6.C29H31ClFN3O5/c1-29(37,12-11-24(35)18-6-10-25(26(14-18)38-3)40-20-7-8-20)27-16-19(30(2,33)28(36)39-4)15-23(34-27)17-5-9-22(32)21(31)13-17;1-28(37,11-10-23(35)17-5-9-24(25(13-17)38-3)39-19-6-7-19)26-15-18(29(2,33)27(32)36)14-22(34-26)16-4-8-21(31)20(30)12-16/h5-6,9-10,13-16,20,37H,7-8,11-12,33H2,1-4H3;4-5,8-9,12-15,19,37H,6-7,10-11,33H2,1-3H3,(H2,32,36). The zero-order valence-corrected chi connectivity index (χ0v) is 46.3. The van der Waals surface area contributed by atoms with Crippen LogP contribution in [0.15, 0.2) is 97.1 Å². The van der Waals surface area contributed by atoms with Gasteiger partial charge in [-0.25, -0.2) is 23.5 Å². The van der Waals surface area contributed by atoms with Crippen LogP contribution in [0.5, 0.6) is 23.0 Å². The third-order valence-electron chi connectivity index (χ3n) is 13.8. The second-order valence-electron chi connectivity index (χ2n) is 20.5. The number of benzene rings is 4. The first-order valence-corrected chi connectivity index (χ1v) is 26.1. The van der Waals surface area contributed by atoms with Crippen molar-refractivity contribution in [1.29, 1.82) is 0 Å².